The summed E-state index contributed by atoms with van der Waals surface area (Å²) in [7, 11) is -3.40. The van der Waals surface area contributed by atoms with Gasteiger partial charge in [0.2, 0.25) is 0 Å². The second kappa shape index (κ2) is 10.0. The number of rotatable bonds is 6. The van der Waals surface area contributed by atoms with Gasteiger partial charge in [-0.3, -0.25) is 9.59 Å². The maximum atomic E-state index is 13.5. The fourth-order valence-corrected chi connectivity index (χ4v) is 8.93. The van der Waals surface area contributed by atoms with E-state index in [2.05, 4.69) is 9.88 Å². The number of sulfone groups is 1. The maximum Gasteiger partial charge on any atom is 0.319 e. The number of primary amides is 1. The SMILES string of the molecule is CC1(C)Cc2c(c3c(n2-c2ccc(C(N)=O)c(N[C@H]4CC[C@H](OC(=O)CN)CC4)c2)CCCC3)S(=O)(=O)C1. The minimum atomic E-state index is -3.40. The number of nitrogens with one attached hydrogen (secondary N) is 1. The molecule has 10 heteroatoms. The van der Waals surface area contributed by atoms with E-state index >= 15 is 0 Å². The Morgan fingerprint density at radius 3 is 2.50 bits per heavy atom. The first-order chi connectivity index (χ1) is 18.0. The van der Waals surface area contributed by atoms with Crippen molar-refractivity contribution in [1.29, 1.82) is 0 Å². The normalized spacial score (nSPS) is 23.7. The second-order valence-electron chi connectivity index (χ2n) is 11.7. The molecule has 0 spiro atoms. The molecule has 1 saturated carbocycles. The predicted octanol–water partition coefficient (Wildman–Crippen LogP) is 3.04. The van der Waals surface area contributed by atoms with Crippen molar-refractivity contribution in [2.75, 3.05) is 17.6 Å². The monoisotopic (exact) mass is 542 g/mol. The van der Waals surface area contributed by atoms with Crippen LogP contribution in [-0.2, 0) is 38.6 Å². The molecule has 1 aromatic carbocycles. The Morgan fingerprint density at radius 2 is 1.82 bits per heavy atom. The molecule has 0 radical (unpaired) electrons. The molecule has 38 heavy (non-hydrogen) atoms. The van der Waals surface area contributed by atoms with Gasteiger partial charge in [0.05, 0.1) is 22.8 Å². The van der Waals surface area contributed by atoms with Crippen molar-refractivity contribution in [1.82, 2.24) is 4.57 Å². The van der Waals surface area contributed by atoms with Gasteiger partial charge >= 0.3 is 5.97 Å². The topological polar surface area (TPSA) is 147 Å². The van der Waals surface area contributed by atoms with E-state index in [1.807, 2.05) is 26.0 Å². The summed E-state index contributed by atoms with van der Waals surface area (Å²) in [6, 6.07) is 5.63. The third kappa shape index (κ3) is 5.08. The van der Waals surface area contributed by atoms with Crippen LogP contribution >= 0.6 is 0 Å². The zero-order valence-electron chi connectivity index (χ0n) is 22.2. The molecule has 5 N–H and O–H groups in total. The molecule has 0 unspecified atom stereocenters. The summed E-state index contributed by atoms with van der Waals surface area (Å²) >= 11 is 0. The summed E-state index contributed by atoms with van der Waals surface area (Å²) < 4.78 is 34.5. The van der Waals surface area contributed by atoms with Crippen molar-refractivity contribution in [2.45, 2.75) is 88.7 Å². The lowest BCUT2D eigenvalue weighted by molar-refractivity contribution is -0.148. The van der Waals surface area contributed by atoms with E-state index in [1.165, 1.54) is 0 Å². The van der Waals surface area contributed by atoms with Crippen LogP contribution in [0.2, 0.25) is 0 Å². The van der Waals surface area contributed by atoms with Crippen LogP contribution in [0.3, 0.4) is 0 Å². The standard InChI is InChI=1S/C28H38N4O5S/c1-28(2)14-24-26(38(35,36)16-28)21-5-3-4-6-23(21)32(24)18-9-12-20(27(30)34)22(13-18)31-17-7-10-19(11-8-17)37-25(33)15-29/h9,12-13,17,19,31H,3-8,10-11,14-16,29H2,1-2H3,(H2,30,34)/t17-,19-. The van der Waals surface area contributed by atoms with Crippen molar-refractivity contribution in [3.63, 3.8) is 0 Å². The number of carbonyl (C=O) groups is 2. The van der Waals surface area contributed by atoms with Gasteiger partial charge in [-0.2, -0.15) is 0 Å². The number of ether oxygens (including phenoxy) is 1. The Bertz CT molecular complexity index is 1370. The third-order valence-corrected chi connectivity index (χ3v) is 10.3. The van der Waals surface area contributed by atoms with Crippen molar-refractivity contribution in [3.05, 3.63) is 40.7 Å². The van der Waals surface area contributed by atoms with Crippen LogP contribution in [0.4, 0.5) is 5.69 Å². The van der Waals surface area contributed by atoms with Gasteiger partial charge in [-0.15, -0.1) is 0 Å². The van der Waals surface area contributed by atoms with E-state index in [4.69, 9.17) is 16.2 Å². The number of amides is 1. The summed E-state index contributed by atoms with van der Waals surface area (Å²) in [5.74, 6) is -0.765. The van der Waals surface area contributed by atoms with E-state index < -0.39 is 21.7 Å². The van der Waals surface area contributed by atoms with Crippen LogP contribution in [0.15, 0.2) is 23.1 Å². The lowest BCUT2D eigenvalue weighted by Gasteiger charge is -2.31. The maximum absolute atomic E-state index is 13.5. The number of anilines is 1. The lowest BCUT2D eigenvalue weighted by Crippen LogP contribution is -2.33. The first-order valence-electron chi connectivity index (χ1n) is 13.6. The molecule has 1 aliphatic heterocycles. The Kier molecular flexibility index (Phi) is 7.06. The highest BCUT2D eigenvalue weighted by atomic mass is 32.2. The van der Waals surface area contributed by atoms with Crippen molar-refractivity contribution in [3.8, 4) is 5.69 Å². The minimum absolute atomic E-state index is 0.0861. The summed E-state index contributed by atoms with van der Waals surface area (Å²) in [5, 5.41) is 3.52. The van der Waals surface area contributed by atoms with E-state index in [-0.39, 0.29) is 29.9 Å². The summed E-state index contributed by atoms with van der Waals surface area (Å²) in [5.41, 5.74) is 15.5. The molecule has 9 nitrogen and oxygen atoms in total. The number of hydrogen-bond acceptors (Lipinski definition) is 7. The van der Waals surface area contributed by atoms with Gasteiger partial charge in [-0.05, 0) is 87.0 Å². The average Bonchev–Trinajstić information content (AvgIpc) is 3.18. The number of nitrogens with two attached hydrogens (primary N) is 2. The number of carbonyl (C=O) groups excluding carboxylic acids is 2. The number of esters is 1. The predicted molar refractivity (Wildman–Crippen MR) is 145 cm³/mol. The molecule has 0 bridgehead atoms. The summed E-state index contributed by atoms with van der Waals surface area (Å²) in [6.45, 7) is 3.89. The average molecular weight is 543 g/mol. The van der Waals surface area contributed by atoms with Gasteiger partial charge < -0.3 is 26.1 Å². The first kappa shape index (κ1) is 26.7. The third-order valence-electron chi connectivity index (χ3n) is 8.08. The molecule has 2 aromatic rings. The summed E-state index contributed by atoms with van der Waals surface area (Å²) in [6.07, 6.45) is 7.07. The fraction of sp³-hybridized carbons (Fsp3) is 0.571. The van der Waals surface area contributed by atoms with Crippen LogP contribution in [-0.4, -0.2) is 49.3 Å². The van der Waals surface area contributed by atoms with Gasteiger partial charge in [0.15, 0.2) is 9.84 Å². The van der Waals surface area contributed by atoms with Gasteiger partial charge in [0.25, 0.3) is 5.91 Å². The molecular weight excluding hydrogens is 504 g/mol. The number of benzene rings is 1. The molecule has 0 saturated heterocycles. The Morgan fingerprint density at radius 1 is 1.11 bits per heavy atom. The molecule has 3 aliphatic rings. The van der Waals surface area contributed by atoms with Crippen LogP contribution in [0.5, 0.6) is 0 Å². The zero-order chi connectivity index (χ0) is 27.2. The number of fused-ring (bicyclic) bond motifs is 3. The van der Waals surface area contributed by atoms with Crippen LogP contribution in [0, 0.1) is 5.41 Å². The second-order valence-corrected chi connectivity index (χ2v) is 13.7. The Balaban J connectivity index is 1.51. The molecular formula is C28H38N4O5S. The van der Waals surface area contributed by atoms with Gasteiger partial charge in [0.1, 0.15) is 6.10 Å². The zero-order valence-corrected chi connectivity index (χ0v) is 23.0. The summed E-state index contributed by atoms with van der Waals surface area (Å²) in [4.78, 5) is 24.4. The smallest absolute Gasteiger partial charge is 0.319 e. The van der Waals surface area contributed by atoms with Crippen molar-refractivity contribution < 1.29 is 22.7 Å². The highest BCUT2D eigenvalue weighted by Gasteiger charge is 2.42. The van der Waals surface area contributed by atoms with Crippen LogP contribution in [0.1, 0.15) is 79.7 Å². The number of nitrogens with zero attached hydrogens (tertiary/aromatic N) is 1. The van der Waals surface area contributed by atoms with Crippen molar-refractivity contribution in [2.24, 2.45) is 16.9 Å². The van der Waals surface area contributed by atoms with E-state index in [0.29, 0.717) is 35.4 Å². The molecule has 206 valence electrons. The van der Waals surface area contributed by atoms with Crippen LogP contribution < -0.4 is 16.8 Å². The molecule has 2 heterocycles. The van der Waals surface area contributed by atoms with Gasteiger partial charge in [-0.25, -0.2) is 8.42 Å². The molecule has 0 atom stereocenters. The first-order valence-corrected chi connectivity index (χ1v) is 15.2. The van der Waals surface area contributed by atoms with E-state index in [9.17, 15) is 18.0 Å². The Hall–Kier alpha value is -2.85. The highest BCUT2D eigenvalue weighted by Crippen LogP contribution is 2.44. The van der Waals surface area contributed by atoms with E-state index in [1.54, 1.807) is 6.07 Å². The van der Waals surface area contributed by atoms with Gasteiger partial charge in [0, 0.05) is 28.8 Å². The Labute approximate surface area is 224 Å². The lowest BCUT2D eigenvalue weighted by atomic mass is 9.89. The molecule has 1 amide bonds. The minimum Gasteiger partial charge on any atom is -0.461 e. The number of hydrogen-bond donors (Lipinski definition) is 3. The molecule has 5 rings (SSSR count). The fourth-order valence-electron chi connectivity index (χ4n) is 6.53. The van der Waals surface area contributed by atoms with E-state index in [0.717, 1.165) is 61.2 Å². The quantitative estimate of drug-likeness (QED) is 0.476. The molecule has 2 aliphatic carbocycles. The van der Waals surface area contributed by atoms with Crippen LogP contribution in [0.25, 0.3) is 5.69 Å². The number of aromatic nitrogens is 1. The largest absolute Gasteiger partial charge is 0.461 e. The van der Waals surface area contributed by atoms with Crippen molar-refractivity contribution >= 4 is 27.4 Å². The molecule has 1 fully saturated rings. The van der Waals surface area contributed by atoms with Gasteiger partial charge in [-0.1, -0.05) is 13.8 Å². The highest BCUT2D eigenvalue weighted by molar-refractivity contribution is 7.91. The molecule has 1 aromatic heterocycles.